The van der Waals surface area contributed by atoms with Crippen LogP contribution in [0.3, 0.4) is 0 Å². The molecule has 2 rings (SSSR count). The number of nitrogens with zero attached hydrogens (tertiary/aromatic N) is 3. The second-order valence-electron chi connectivity index (χ2n) is 5.71. The molecule has 0 unspecified atom stereocenters. The molecular weight excluding hydrogens is 413 g/mol. The van der Waals surface area contributed by atoms with Crippen LogP contribution < -0.4 is 10.6 Å². The van der Waals surface area contributed by atoms with Crippen LogP contribution in [0.2, 0.25) is 0 Å². The third-order valence-corrected chi connectivity index (χ3v) is 3.85. The van der Waals surface area contributed by atoms with E-state index >= 15 is 0 Å². The molecule has 2 aromatic rings. The van der Waals surface area contributed by atoms with Gasteiger partial charge in [0.15, 0.2) is 5.96 Å². The van der Waals surface area contributed by atoms with Crippen molar-refractivity contribution in [3.8, 4) is 0 Å². The van der Waals surface area contributed by atoms with E-state index in [4.69, 9.17) is 0 Å². The molecule has 0 amide bonds. The lowest BCUT2D eigenvalue weighted by Gasteiger charge is -2.12. The molecule has 0 aliphatic carbocycles. The first-order valence-corrected chi connectivity index (χ1v) is 8.17. The van der Waals surface area contributed by atoms with Crippen LogP contribution in [0.1, 0.15) is 29.8 Å². The van der Waals surface area contributed by atoms with Crippen LogP contribution in [-0.4, -0.2) is 29.1 Å². The Labute approximate surface area is 162 Å². The lowest BCUT2D eigenvalue weighted by molar-refractivity contribution is 0.588. The van der Waals surface area contributed by atoms with Crippen molar-refractivity contribution in [3.63, 3.8) is 0 Å². The van der Waals surface area contributed by atoms with Gasteiger partial charge in [0.05, 0.1) is 0 Å². The van der Waals surface area contributed by atoms with Crippen molar-refractivity contribution in [2.24, 2.45) is 4.99 Å². The summed E-state index contributed by atoms with van der Waals surface area (Å²) in [5, 5.41) is 6.70. The first-order chi connectivity index (χ1) is 11.2. The minimum atomic E-state index is 0. The highest BCUT2D eigenvalue weighted by molar-refractivity contribution is 14.0. The van der Waals surface area contributed by atoms with Crippen LogP contribution in [-0.2, 0) is 13.1 Å². The van der Waals surface area contributed by atoms with Crippen LogP contribution in [0.25, 0.3) is 0 Å². The van der Waals surface area contributed by atoms with Crippen LogP contribution in [0.15, 0.2) is 41.7 Å². The van der Waals surface area contributed by atoms with E-state index in [1.165, 1.54) is 11.1 Å². The maximum atomic E-state index is 4.26. The van der Waals surface area contributed by atoms with Gasteiger partial charge < -0.3 is 15.2 Å². The summed E-state index contributed by atoms with van der Waals surface area (Å²) in [7, 11) is 1.80. The zero-order chi connectivity index (χ0) is 16.5. The molecule has 132 valence electrons. The molecule has 0 spiro atoms. The van der Waals surface area contributed by atoms with Crippen LogP contribution in [0.5, 0.6) is 0 Å². The van der Waals surface area contributed by atoms with E-state index in [9.17, 15) is 0 Å². The summed E-state index contributed by atoms with van der Waals surface area (Å²) < 4.78 is 2.18. The molecule has 0 saturated carbocycles. The maximum absolute atomic E-state index is 4.26. The fourth-order valence-electron chi connectivity index (χ4n) is 2.37. The number of imidazole rings is 1. The Morgan fingerprint density at radius 3 is 2.50 bits per heavy atom. The SMILES string of the molecule is CN=C(NCCCCn1ccnc1C)NCc1ccc(C)cc1.I. The molecule has 0 saturated heterocycles. The predicted octanol–water partition coefficient (Wildman–Crippen LogP) is 3.26. The van der Waals surface area contributed by atoms with Crippen LogP contribution >= 0.6 is 24.0 Å². The van der Waals surface area contributed by atoms with Gasteiger partial charge in [-0.05, 0) is 32.3 Å². The topological polar surface area (TPSA) is 54.2 Å². The molecule has 0 atom stereocenters. The fraction of sp³-hybridized carbons (Fsp3) is 0.444. The van der Waals surface area contributed by atoms with E-state index < -0.39 is 0 Å². The highest BCUT2D eigenvalue weighted by atomic mass is 127. The molecule has 2 N–H and O–H groups in total. The first-order valence-electron chi connectivity index (χ1n) is 8.17. The lowest BCUT2D eigenvalue weighted by Crippen LogP contribution is -2.37. The van der Waals surface area contributed by atoms with Crippen molar-refractivity contribution >= 4 is 29.9 Å². The number of aryl methyl sites for hydroxylation is 3. The fourth-order valence-corrected chi connectivity index (χ4v) is 2.37. The van der Waals surface area contributed by atoms with Crippen molar-refractivity contribution in [1.29, 1.82) is 0 Å². The van der Waals surface area contributed by atoms with Crippen molar-refractivity contribution in [2.45, 2.75) is 39.8 Å². The largest absolute Gasteiger partial charge is 0.356 e. The Bertz CT molecular complexity index is 619. The summed E-state index contributed by atoms with van der Waals surface area (Å²) in [6, 6.07) is 8.54. The van der Waals surface area contributed by atoms with Gasteiger partial charge in [-0.25, -0.2) is 4.98 Å². The molecule has 1 aromatic heterocycles. The number of unbranched alkanes of at least 4 members (excludes halogenated alkanes) is 1. The second-order valence-corrected chi connectivity index (χ2v) is 5.71. The number of nitrogens with one attached hydrogen (secondary N) is 2. The van der Waals surface area contributed by atoms with E-state index in [1.54, 1.807) is 7.05 Å². The molecular formula is C18H28IN5. The molecule has 0 fully saturated rings. The Balaban J connectivity index is 0.00000288. The van der Waals surface area contributed by atoms with Crippen molar-refractivity contribution < 1.29 is 0 Å². The van der Waals surface area contributed by atoms with Gasteiger partial charge in [0.2, 0.25) is 0 Å². The van der Waals surface area contributed by atoms with E-state index in [2.05, 4.69) is 56.4 Å². The van der Waals surface area contributed by atoms with Gasteiger partial charge in [0.1, 0.15) is 5.82 Å². The molecule has 6 heteroatoms. The van der Waals surface area contributed by atoms with Crippen molar-refractivity contribution in [3.05, 3.63) is 53.6 Å². The van der Waals surface area contributed by atoms with Gasteiger partial charge in [0.25, 0.3) is 0 Å². The van der Waals surface area contributed by atoms with Gasteiger partial charge in [-0.15, -0.1) is 24.0 Å². The normalized spacial score (nSPS) is 11.0. The van der Waals surface area contributed by atoms with Gasteiger partial charge in [-0.3, -0.25) is 4.99 Å². The monoisotopic (exact) mass is 441 g/mol. The third kappa shape index (κ3) is 6.90. The van der Waals surface area contributed by atoms with Crippen LogP contribution in [0, 0.1) is 13.8 Å². The number of hydrogen-bond acceptors (Lipinski definition) is 2. The average molecular weight is 441 g/mol. The maximum Gasteiger partial charge on any atom is 0.191 e. The van der Waals surface area contributed by atoms with E-state index in [0.717, 1.165) is 44.3 Å². The standard InChI is InChI=1S/C18H27N5.HI/c1-15-6-8-17(9-7-15)14-22-18(19-3)21-10-4-5-12-23-13-11-20-16(23)2;/h6-9,11,13H,4-5,10,12,14H2,1-3H3,(H2,19,21,22);1H. The number of halogens is 1. The third-order valence-electron chi connectivity index (χ3n) is 3.85. The minimum absolute atomic E-state index is 0. The average Bonchev–Trinajstić information content (AvgIpc) is 2.97. The summed E-state index contributed by atoms with van der Waals surface area (Å²) in [5.74, 6) is 1.93. The summed E-state index contributed by atoms with van der Waals surface area (Å²) in [6.45, 7) is 6.86. The molecule has 0 radical (unpaired) electrons. The molecule has 0 bridgehead atoms. The Hall–Kier alpha value is -1.57. The molecule has 0 aliphatic rings. The highest BCUT2D eigenvalue weighted by Crippen LogP contribution is 2.02. The van der Waals surface area contributed by atoms with E-state index in [1.807, 2.05) is 19.3 Å². The zero-order valence-corrected chi connectivity index (χ0v) is 17.1. The summed E-state index contributed by atoms with van der Waals surface area (Å²) in [6.07, 6.45) is 6.11. The number of aromatic nitrogens is 2. The van der Waals surface area contributed by atoms with Gasteiger partial charge in [-0.1, -0.05) is 29.8 Å². The summed E-state index contributed by atoms with van der Waals surface area (Å²) in [5.41, 5.74) is 2.54. The lowest BCUT2D eigenvalue weighted by atomic mass is 10.1. The van der Waals surface area contributed by atoms with Gasteiger partial charge >= 0.3 is 0 Å². The smallest absolute Gasteiger partial charge is 0.191 e. The van der Waals surface area contributed by atoms with Gasteiger partial charge in [0, 0.05) is 39.1 Å². The number of hydrogen-bond donors (Lipinski definition) is 2. The van der Waals surface area contributed by atoms with Gasteiger partial charge in [-0.2, -0.15) is 0 Å². The minimum Gasteiger partial charge on any atom is -0.356 e. The number of rotatable bonds is 7. The number of guanidine groups is 1. The molecule has 24 heavy (non-hydrogen) atoms. The molecule has 0 aliphatic heterocycles. The van der Waals surface area contributed by atoms with Crippen molar-refractivity contribution in [1.82, 2.24) is 20.2 Å². The first kappa shape index (κ1) is 20.5. The highest BCUT2D eigenvalue weighted by Gasteiger charge is 1.99. The number of aliphatic imine (C=N–C) groups is 1. The second kappa shape index (κ2) is 11.1. The Morgan fingerprint density at radius 1 is 1.12 bits per heavy atom. The zero-order valence-electron chi connectivity index (χ0n) is 14.7. The van der Waals surface area contributed by atoms with E-state index in [0.29, 0.717) is 0 Å². The summed E-state index contributed by atoms with van der Waals surface area (Å²) in [4.78, 5) is 8.50. The molecule has 1 aromatic carbocycles. The summed E-state index contributed by atoms with van der Waals surface area (Å²) >= 11 is 0. The molecule has 1 heterocycles. The Morgan fingerprint density at radius 2 is 1.88 bits per heavy atom. The molecule has 5 nitrogen and oxygen atoms in total. The predicted molar refractivity (Wildman–Crippen MR) is 111 cm³/mol. The van der Waals surface area contributed by atoms with E-state index in [-0.39, 0.29) is 24.0 Å². The van der Waals surface area contributed by atoms with Crippen LogP contribution in [0.4, 0.5) is 0 Å². The Kier molecular flexibility index (Phi) is 9.44. The number of benzene rings is 1. The quantitative estimate of drug-likeness (QED) is 0.300. The van der Waals surface area contributed by atoms with Crippen molar-refractivity contribution in [2.75, 3.05) is 13.6 Å².